The smallest absolute Gasteiger partial charge is 0.269 e. The Bertz CT molecular complexity index is 807. The van der Waals surface area contributed by atoms with Crippen LogP contribution in [0.4, 0.5) is 4.39 Å². The van der Waals surface area contributed by atoms with Crippen molar-refractivity contribution >= 4 is 5.91 Å². The predicted molar refractivity (Wildman–Crippen MR) is 86.3 cm³/mol. The van der Waals surface area contributed by atoms with Crippen LogP contribution in [0, 0.1) is 12.7 Å². The molecule has 0 unspecified atom stereocenters. The summed E-state index contributed by atoms with van der Waals surface area (Å²) in [5.41, 5.74) is 4.06. The molecule has 0 aliphatic rings. The van der Waals surface area contributed by atoms with Crippen LogP contribution in [0.1, 0.15) is 21.6 Å². The fourth-order valence-electron chi connectivity index (χ4n) is 2.19. The number of nitrogens with one attached hydrogen (secondary N) is 2. The monoisotopic (exact) mass is 309 g/mol. The van der Waals surface area contributed by atoms with Crippen LogP contribution in [0.2, 0.25) is 0 Å². The molecule has 0 fully saturated rings. The molecule has 3 rings (SSSR count). The maximum atomic E-state index is 12.8. The minimum atomic E-state index is -0.295. The molecule has 0 bridgehead atoms. The van der Waals surface area contributed by atoms with Crippen LogP contribution in [0.3, 0.4) is 0 Å². The van der Waals surface area contributed by atoms with Gasteiger partial charge in [-0.15, -0.1) is 0 Å². The lowest BCUT2D eigenvalue weighted by Gasteiger charge is -2.03. The van der Waals surface area contributed by atoms with Gasteiger partial charge in [0.25, 0.3) is 5.91 Å². The van der Waals surface area contributed by atoms with E-state index in [1.54, 1.807) is 18.2 Å². The van der Waals surface area contributed by atoms with Crippen molar-refractivity contribution in [2.24, 2.45) is 0 Å². The summed E-state index contributed by atoms with van der Waals surface area (Å²) in [5.74, 6) is -0.545. The number of H-pyrrole nitrogens is 1. The first kappa shape index (κ1) is 15.0. The number of carbonyl (C=O) groups is 1. The van der Waals surface area contributed by atoms with E-state index in [2.05, 4.69) is 15.5 Å². The highest BCUT2D eigenvalue weighted by Crippen LogP contribution is 2.18. The lowest BCUT2D eigenvalue weighted by Crippen LogP contribution is -2.23. The number of nitrogens with zero attached hydrogens (tertiary/aromatic N) is 1. The number of hydrogen-bond acceptors (Lipinski definition) is 2. The number of benzene rings is 2. The van der Waals surface area contributed by atoms with Crippen molar-refractivity contribution in [3.8, 4) is 11.3 Å². The van der Waals surface area contributed by atoms with Crippen LogP contribution >= 0.6 is 0 Å². The fourth-order valence-corrected chi connectivity index (χ4v) is 2.19. The average molecular weight is 309 g/mol. The molecule has 1 heterocycles. The summed E-state index contributed by atoms with van der Waals surface area (Å²) < 4.78 is 12.8. The van der Waals surface area contributed by atoms with Gasteiger partial charge in [0.2, 0.25) is 0 Å². The molecule has 4 nitrogen and oxygen atoms in total. The molecule has 0 spiro atoms. The lowest BCUT2D eigenvalue weighted by molar-refractivity contribution is 0.0946. The summed E-state index contributed by atoms with van der Waals surface area (Å²) in [6.07, 6.45) is 0. The van der Waals surface area contributed by atoms with E-state index >= 15 is 0 Å². The number of rotatable bonds is 4. The van der Waals surface area contributed by atoms with Crippen LogP contribution in [0.25, 0.3) is 11.3 Å². The van der Waals surface area contributed by atoms with Gasteiger partial charge in [0, 0.05) is 12.1 Å². The second kappa shape index (κ2) is 6.44. The molecule has 0 aliphatic heterocycles. The Kier molecular flexibility index (Phi) is 4.19. The van der Waals surface area contributed by atoms with Gasteiger partial charge in [-0.05, 0) is 30.7 Å². The van der Waals surface area contributed by atoms with Gasteiger partial charge in [0.15, 0.2) is 0 Å². The first-order valence-electron chi connectivity index (χ1n) is 7.27. The molecular weight excluding hydrogens is 293 g/mol. The Balaban J connectivity index is 1.66. The van der Waals surface area contributed by atoms with Crippen LogP contribution in [-0.2, 0) is 6.54 Å². The number of halogens is 1. The average Bonchev–Trinajstić information content (AvgIpc) is 3.05. The van der Waals surface area contributed by atoms with E-state index in [1.165, 1.54) is 17.7 Å². The molecule has 116 valence electrons. The molecule has 2 N–H and O–H groups in total. The summed E-state index contributed by atoms with van der Waals surface area (Å²) in [7, 11) is 0. The van der Waals surface area contributed by atoms with E-state index in [0.717, 1.165) is 16.8 Å². The maximum absolute atomic E-state index is 12.8. The van der Waals surface area contributed by atoms with Gasteiger partial charge < -0.3 is 5.32 Å². The maximum Gasteiger partial charge on any atom is 0.269 e. The molecule has 23 heavy (non-hydrogen) atoms. The SMILES string of the molecule is Cc1ccc(-c2cc(C(=O)NCc3ccc(F)cc3)[nH]n2)cc1. The Morgan fingerprint density at radius 2 is 1.83 bits per heavy atom. The van der Waals surface area contributed by atoms with Gasteiger partial charge in [0.05, 0.1) is 5.69 Å². The third kappa shape index (κ3) is 3.63. The van der Waals surface area contributed by atoms with Crippen molar-refractivity contribution in [1.82, 2.24) is 15.5 Å². The van der Waals surface area contributed by atoms with Crippen molar-refractivity contribution in [1.29, 1.82) is 0 Å². The number of aromatic nitrogens is 2. The normalized spacial score (nSPS) is 10.5. The van der Waals surface area contributed by atoms with Gasteiger partial charge in [-0.3, -0.25) is 9.89 Å². The Morgan fingerprint density at radius 3 is 2.52 bits per heavy atom. The van der Waals surface area contributed by atoms with E-state index in [4.69, 9.17) is 0 Å². The molecule has 1 aromatic heterocycles. The summed E-state index contributed by atoms with van der Waals surface area (Å²) in [6.45, 7) is 2.35. The van der Waals surface area contributed by atoms with Gasteiger partial charge in [-0.1, -0.05) is 42.0 Å². The van der Waals surface area contributed by atoms with Crippen molar-refractivity contribution in [2.45, 2.75) is 13.5 Å². The Morgan fingerprint density at radius 1 is 1.13 bits per heavy atom. The molecule has 0 aliphatic carbocycles. The summed E-state index contributed by atoms with van der Waals surface area (Å²) in [5, 5.41) is 9.69. The zero-order valence-corrected chi connectivity index (χ0v) is 12.6. The molecule has 0 saturated carbocycles. The molecule has 1 amide bonds. The van der Waals surface area contributed by atoms with Crippen molar-refractivity contribution in [3.63, 3.8) is 0 Å². The minimum absolute atomic E-state index is 0.250. The molecule has 2 aromatic carbocycles. The minimum Gasteiger partial charge on any atom is -0.347 e. The fraction of sp³-hybridized carbons (Fsp3) is 0.111. The molecule has 5 heteroatoms. The standard InChI is InChI=1S/C18H16FN3O/c1-12-2-6-14(7-3-12)16-10-17(22-21-16)18(23)20-11-13-4-8-15(19)9-5-13/h2-10H,11H2,1H3,(H,20,23)(H,21,22). The highest BCUT2D eigenvalue weighted by Gasteiger charge is 2.10. The summed E-state index contributed by atoms with van der Waals surface area (Å²) in [4.78, 5) is 12.1. The predicted octanol–water partition coefficient (Wildman–Crippen LogP) is 3.45. The molecule has 3 aromatic rings. The van der Waals surface area contributed by atoms with E-state index in [1.807, 2.05) is 31.2 Å². The van der Waals surface area contributed by atoms with E-state index < -0.39 is 0 Å². The Hall–Kier alpha value is -2.95. The second-order valence-electron chi connectivity index (χ2n) is 5.34. The quantitative estimate of drug-likeness (QED) is 0.775. The third-order valence-electron chi connectivity index (χ3n) is 3.54. The zero-order valence-electron chi connectivity index (χ0n) is 12.6. The molecule has 0 radical (unpaired) electrons. The van der Waals surface area contributed by atoms with Crippen LogP contribution in [0.5, 0.6) is 0 Å². The van der Waals surface area contributed by atoms with Crippen molar-refractivity contribution in [3.05, 3.63) is 77.2 Å². The lowest BCUT2D eigenvalue weighted by atomic mass is 10.1. The second-order valence-corrected chi connectivity index (χ2v) is 5.34. The van der Waals surface area contributed by atoms with Crippen LogP contribution in [0.15, 0.2) is 54.6 Å². The largest absolute Gasteiger partial charge is 0.347 e. The summed E-state index contributed by atoms with van der Waals surface area (Å²) >= 11 is 0. The highest BCUT2D eigenvalue weighted by molar-refractivity contribution is 5.93. The van der Waals surface area contributed by atoms with Gasteiger partial charge in [-0.2, -0.15) is 5.10 Å². The van der Waals surface area contributed by atoms with Gasteiger partial charge >= 0.3 is 0 Å². The Labute approximate surface area is 133 Å². The van der Waals surface area contributed by atoms with Crippen molar-refractivity contribution in [2.75, 3.05) is 0 Å². The molecule has 0 saturated heterocycles. The molecular formula is C18H16FN3O. The van der Waals surface area contributed by atoms with E-state index in [0.29, 0.717) is 12.2 Å². The molecule has 0 atom stereocenters. The van der Waals surface area contributed by atoms with Gasteiger partial charge in [-0.25, -0.2) is 4.39 Å². The first-order valence-corrected chi connectivity index (χ1v) is 7.27. The first-order chi connectivity index (χ1) is 11.1. The van der Waals surface area contributed by atoms with Crippen LogP contribution in [-0.4, -0.2) is 16.1 Å². The highest BCUT2D eigenvalue weighted by atomic mass is 19.1. The van der Waals surface area contributed by atoms with Crippen LogP contribution < -0.4 is 5.32 Å². The van der Waals surface area contributed by atoms with Gasteiger partial charge in [0.1, 0.15) is 11.5 Å². The zero-order chi connectivity index (χ0) is 16.2. The van der Waals surface area contributed by atoms with E-state index in [9.17, 15) is 9.18 Å². The van der Waals surface area contributed by atoms with E-state index in [-0.39, 0.29) is 11.7 Å². The number of amides is 1. The number of aryl methyl sites for hydroxylation is 1. The van der Waals surface area contributed by atoms with Crippen molar-refractivity contribution < 1.29 is 9.18 Å². The topological polar surface area (TPSA) is 57.8 Å². The summed E-state index contributed by atoms with van der Waals surface area (Å²) in [6, 6.07) is 15.7. The number of hydrogen-bond donors (Lipinski definition) is 2. The third-order valence-corrected chi connectivity index (χ3v) is 3.54. The number of aromatic amines is 1. The number of carbonyl (C=O) groups excluding carboxylic acids is 1.